The van der Waals surface area contributed by atoms with E-state index in [1.54, 1.807) is 49.3 Å². The number of pyridine rings is 1. The quantitative estimate of drug-likeness (QED) is 0.0326. The maximum absolute atomic E-state index is 10.6. The maximum atomic E-state index is 10.6. The molecule has 20 N–H and O–H groups in total. The summed E-state index contributed by atoms with van der Waals surface area (Å²) in [5.41, 5.74) is 36.3. The van der Waals surface area contributed by atoms with Gasteiger partial charge in [-0.2, -0.15) is 0 Å². The minimum atomic E-state index is -1.24. The summed E-state index contributed by atoms with van der Waals surface area (Å²) in [5, 5.41) is 104. The van der Waals surface area contributed by atoms with Gasteiger partial charge in [0.25, 0.3) is 0 Å². The van der Waals surface area contributed by atoms with Crippen molar-refractivity contribution in [2.45, 2.75) is 228 Å². The molecule has 0 radical (unpaired) electrons. The molecular weight excluding hydrogens is 1720 g/mol. The number of nitrogen functional groups attached to an aromatic ring is 5. The number of nitrogens with zero attached hydrogens (tertiary/aromatic N) is 19. The molecule has 0 bridgehead atoms. The highest BCUT2D eigenvalue weighted by Gasteiger charge is 2.49. The number of rotatable bonds is 26. The van der Waals surface area contributed by atoms with Gasteiger partial charge in [0.1, 0.15) is 112 Å². The first-order chi connectivity index (χ1) is 59.0. The van der Waals surface area contributed by atoms with E-state index in [0.717, 1.165) is 68.6 Å². The minimum absolute atomic E-state index is 0.282. The number of nitrogens with two attached hydrogens (primary N) is 5. The van der Waals surface area contributed by atoms with Crippen LogP contribution in [0.1, 0.15) is 132 Å². The molecule has 0 aromatic carbocycles. The Kier molecular flexibility index (Phi) is 32.0. The zero-order valence-electron chi connectivity index (χ0n) is 75.0. The van der Waals surface area contributed by atoms with Crippen molar-refractivity contribution in [2.24, 2.45) is 0 Å². The average molecular weight is 1850 g/mol. The number of aliphatic hydroxyl groups is 10. The van der Waals surface area contributed by atoms with Crippen LogP contribution in [0.4, 0.5) is 29.0 Å². The topological polar surface area (TPSA) is 584 Å². The molecule has 5 saturated heterocycles. The smallest absolute Gasteiger partial charge is 0.167 e. The summed E-state index contributed by atoms with van der Waals surface area (Å²) < 4.78 is 38.0. The van der Waals surface area contributed by atoms with Crippen LogP contribution in [0.2, 0.25) is 0 Å². The summed E-state index contributed by atoms with van der Waals surface area (Å²) in [5.74, 6) is 3.49. The summed E-state index contributed by atoms with van der Waals surface area (Å²) in [6.07, 6.45) is 25.3. The lowest BCUT2D eigenvalue weighted by Gasteiger charge is -2.18. The van der Waals surface area contributed by atoms with Gasteiger partial charge in [-0.15, -0.1) is 65.9 Å². The Balaban J connectivity index is 0.000000153. The van der Waals surface area contributed by atoms with E-state index in [1.165, 1.54) is 19.0 Å². The first-order valence-electron chi connectivity index (χ1n) is 42.5. The molecule has 5 unspecified atom stereocenters. The lowest BCUT2D eigenvalue weighted by atomic mass is 10.1. The van der Waals surface area contributed by atoms with Crippen molar-refractivity contribution in [1.82, 2.24) is 92.6 Å². The van der Waals surface area contributed by atoms with Gasteiger partial charge in [0, 0.05) is 18.5 Å². The average Bonchev–Trinajstić information content (AvgIpc) is 1.64. The van der Waals surface area contributed by atoms with Crippen molar-refractivity contribution >= 4 is 151 Å². The van der Waals surface area contributed by atoms with Crippen molar-refractivity contribution < 1.29 is 74.7 Å². The third-order valence-electron chi connectivity index (χ3n) is 22.5. The number of hydrogen-bond acceptors (Lipinski definition) is 34. The fraction of sp³-hybridized carbons (Fsp3) is 0.622. The third-order valence-corrected chi connectivity index (χ3v) is 29.8. The molecule has 39 nitrogen and oxygen atoms in total. The highest BCUT2D eigenvalue weighted by molar-refractivity contribution is 7.73. The van der Waals surface area contributed by atoms with E-state index in [1.807, 2.05) is 19.9 Å². The van der Waals surface area contributed by atoms with Crippen LogP contribution in [0.3, 0.4) is 0 Å². The summed E-state index contributed by atoms with van der Waals surface area (Å²) in [4.78, 5) is 60.4. The van der Waals surface area contributed by atoms with Crippen LogP contribution >= 0.6 is 34.4 Å². The number of unbranched alkanes of at least 4 members (excludes halogenated alkanes) is 1. The number of aliphatic hydroxyl groups excluding tert-OH is 10. The summed E-state index contributed by atoms with van der Waals surface area (Å²) in [7, 11) is 0. The van der Waals surface area contributed by atoms with E-state index in [-0.39, 0.29) is 11.6 Å². The van der Waals surface area contributed by atoms with Crippen molar-refractivity contribution in [1.29, 1.82) is 0 Å². The Morgan fingerprint density at radius 1 is 0.325 bits per heavy atom. The van der Waals surface area contributed by atoms with Gasteiger partial charge in [-0.3, -0.25) is 22.8 Å². The Hall–Kier alpha value is -7.28. The second-order valence-corrected chi connectivity index (χ2v) is 58.5. The number of ether oxygens (including phenoxy) is 5. The van der Waals surface area contributed by atoms with Crippen LogP contribution in [-0.2, 0) is 42.9 Å². The zero-order chi connectivity index (χ0) is 92.5. The van der Waals surface area contributed by atoms with Gasteiger partial charge in [0.15, 0.2) is 82.6 Å². The Morgan fingerprint density at radius 2 is 0.571 bits per heavy atom. The van der Waals surface area contributed by atoms with Crippen LogP contribution in [0.15, 0.2) is 37.7 Å². The van der Waals surface area contributed by atoms with Crippen molar-refractivity contribution in [2.75, 3.05) is 126 Å². The van der Waals surface area contributed by atoms with Gasteiger partial charge in [-0.05, 0) is 169 Å². The normalized spacial score (nSPS) is 27.1. The molecule has 126 heavy (non-hydrogen) atoms. The second-order valence-electron chi connectivity index (χ2n) is 36.9. The van der Waals surface area contributed by atoms with Crippen LogP contribution in [-0.4, -0.2) is 364 Å². The number of hydrogen-bond donors (Lipinski definition) is 15. The predicted molar refractivity (Wildman–Crippen MR) is 509 cm³/mol. The first kappa shape index (κ1) is 99.3. The number of fused-ring (bicyclic) bond motifs is 5. The van der Waals surface area contributed by atoms with Crippen molar-refractivity contribution in [3.05, 3.63) is 66.7 Å². The van der Waals surface area contributed by atoms with Gasteiger partial charge in [-0.1, -0.05) is 27.2 Å². The standard InChI is InChI=1S/C18H30N5O3P.C17H28N5O3P.C17H27N4O3P.2C15H24N5O3P/c1-5-6-7-12-21-16(19)13-17(22-12)23(10-20-13)18-15(25)14(24)11(26-18)8-9-27(2,3)4;1-5-6-11-20-15(18)12-16(21-11)22(9-19-12)17-14(24)13(23)10(25-17)7-8-26(2,3)4;1-5-10-8-11(18)13-16(20-10)21(9-19-13)17-15(23)14(22)12(24-17)6-7-25(2,3)4;2*1-8-18-13(16)10-14(19-8)20(7-17-10)15-12(22)11(21)9(23-15)5-6-24(2,3)4/h10-11,14-15,18,24-25H,2,5-9H2,1,3-4H3,(H2,19,21,22);9-10,13-14,17,23-24H,2,5-8H2,1,3-4H3,(H2,18,20,21);8-9,12,14-15,17,22-23H,2,5-7H2,1,3-4H3,(H2,18,20);2*7,9,11-12,15,21-22H,2,5-6H2,1,3-4H3,(H2,16,18,19)/t11-,14-,15-,18?;10-,13-,14-,17?;12-,14-,15-,17?;2*9-,11-,12-,15?/m11111/s1. The lowest BCUT2D eigenvalue weighted by molar-refractivity contribution is -0.0353. The molecule has 0 aliphatic carbocycles. The molecule has 696 valence electrons. The van der Waals surface area contributed by atoms with E-state index in [0.29, 0.717) is 135 Å². The van der Waals surface area contributed by atoms with E-state index < -0.39 is 157 Å². The van der Waals surface area contributed by atoms with Crippen LogP contribution in [0.25, 0.3) is 55.8 Å². The van der Waals surface area contributed by atoms with Crippen molar-refractivity contribution in [3.63, 3.8) is 0 Å². The minimum Gasteiger partial charge on any atom is -0.397 e. The Labute approximate surface area is 735 Å². The third kappa shape index (κ3) is 23.7. The lowest BCUT2D eigenvalue weighted by Crippen LogP contribution is -2.31. The fourth-order valence-corrected chi connectivity index (χ4v) is 20.2. The van der Waals surface area contributed by atoms with E-state index in [9.17, 15) is 51.1 Å². The van der Waals surface area contributed by atoms with Gasteiger partial charge in [0.05, 0.1) is 67.8 Å². The molecule has 5 aliphatic rings. The van der Waals surface area contributed by atoms with E-state index in [4.69, 9.17) is 52.4 Å². The van der Waals surface area contributed by atoms with E-state index >= 15 is 0 Å². The number of imidazole rings is 5. The van der Waals surface area contributed by atoms with Crippen LogP contribution in [0.5, 0.6) is 0 Å². The van der Waals surface area contributed by atoms with Gasteiger partial charge >= 0.3 is 0 Å². The van der Waals surface area contributed by atoms with Crippen LogP contribution < -0.4 is 28.7 Å². The molecule has 0 saturated carbocycles. The summed E-state index contributed by atoms with van der Waals surface area (Å²) in [6, 6.07) is 1.81. The molecule has 5 aliphatic heterocycles. The largest absolute Gasteiger partial charge is 0.397 e. The molecular formula is C82H133N24O15P5. The van der Waals surface area contributed by atoms with Gasteiger partial charge < -0.3 is 103 Å². The molecule has 15 heterocycles. The van der Waals surface area contributed by atoms with Crippen molar-refractivity contribution in [3.8, 4) is 0 Å². The molecule has 44 heteroatoms. The summed E-state index contributed by atoms with van der Waals surface area (Å²) in [6.45, 7) is 24.8. The molecule has 10 aromatic heterocycles. The highest BCUT2D eigenvalue weighted by Crippen LogP contribution is 2.46. The van der Waals surface area contributed by atoms with Gasteiger partial charge in [0.2, 0.25) is 0 Å². The second kappa shape index (κ2) is 40.6. The molecule has 10 aromatic rings. The van der Waals surface area contributed by atoms with Gasteiger partial charge in [-0.25, -0.2) is 69.8 Å². The zero-order valence-corrected chi connectivity index (χ0v) is 79.5. The predicted octanol–water partition coefficient (Wildman–Crippen LogP) is 4.71. The maximum Gasteiger partial charge on any atom is 0.167 e. The molecule has 20 atom stereocenters. The molecule has 15 rings (SSSR count). The molecule has 0 spiro atoms. The first-order valence-corrected chi connectivity index (χ1v) is 57.7. The fourth-order valence-electron chi connectivity index (χ4n) is 15.4. The monoisotopic (exact) mass is 1850 g/mol. The SMILES string of the molecule is C=P(C)(C)CC[C@H]1OC(n2cnc3c(N)cc(CC)nc32)[C@H](O)[C@@H]1O.C=P(C)(C)CC[C@H]1OC(n2cnc3c(N)nc(C)nc32)[C@H](O)[C@@H]1O.C=P(C)(C)CC[C@H]1OC(n2cnc3c(N)nc(C)nc32)[C@H](O)[C@@H]1O.C=P(C)(C)CC[C@H]1OC(n2cnc3c(N)nc(CCC)nc32)[C@H](O)[C@@H]1O.C=P(C)(C)CC[C@H]1OC(n2cnc3c(N)nc(CCCC)nc32)[C@H](O)[C@@H]1O. The molecule has 0 amide bonds. The number of aryl methyl sites for hydroxylation is 5. The Bertz CT molecular complexity index is 5550. The van der Waals surface area contributed by atoms with Crippen LogP contribution in [0, 0.1) is 13.8 Å². The summed E-state index contributed by atoms with van der Waals surface area (Å²) >= 11 is 0. The number of aromatic nitrogens is 19. The number of anilines is 5. The highest BCUT2D eigenvalue weighted by atomic mass is 31.2. The van der Waals surface area contributed by atoms with E-state index in [2.05, 4.69) is 175 Å². The Morgan fingerprint density at radius 3 is 0.825 bits per heavy atom. The molecule has 5 fully saturated rings.